The Morgan fingerprint density at radius 3 is 2.70 bits per heavy atom. The van der Waals surface area contributed by atoms with Gasteiger partial charge in [-0.2, -0.15) is 5.10 Å². The number of aromatic nitrogens is 4. The summed E-state index contributed by atoms with van der Waals surface area (Å²) in [4.78, 5) is 11.5. The molecule has 20 heavy (non-hydrogen) atoms. The highest BCUT2D eigenvalue weighted by molar-refractivity contribution is 5.59. The van der Waals surface area contributed by atoms with E-state index < -0.39 is 0 Å². The van der Waals surface area contributed by atoms with Gasteiger partial charge in [0.1, 0.15) is 0 Å². The van der Waals surface area contributed by atoms with Crippen molar-refractivity contribution in [3.8, 4) is 11.3 Å². The van der Waals surface area contributed by atoms with Crippen molar-refractivity contribution in [2.45, 2.75) is 13.3 Å². The van der Waals surface area contributed by atoms with Crippen LogP contribution in [0.1, 0.15) is 12.6 Å². The third kappa shape index (κ3) is 2.65. The molecule has 2 aromatic rings. The third-order valence-electron chi connectivity index (χ3n) is 3.42. The molecule has 1 fully saturated rings. The molecule has 6 nitrogen and oxygen atoms in total. The van der Waals surface area contributed by atoms with Crippen LogP contribution in [-0.2, 0) is 18.2 Å². The molecule has 1 aliphatic rings. The fourth-order valence-electron chi connectivity index (χ4n) is 2.27. The minimum atomic E-state index is 0.738. The van der Waals surface area contributed by atoms with Crippen molar-refractivity contribution in [3.63, 3.8) is 0 Å². The van der Waals surface area contributed by atoms with E-state index in [2.05, 4.69) is 21.9 Å². The molecule has 0 N–H and O–H groups in total. The van der Waals surface area contributed by atoms with Gasteiger partial charge in [0.05, 0.1) is 25.1 Å². The summed E-state index contributed by atoms with van der Waals surface area (Å²) in [5, 5.41) is 4.21. The lowest BCUT2D eigenvalue weighted by molar-refractivity contribution is 0.122. The van der Waals surface area contributed by atoms with Crippen LogP contribution in [0.5, 0.6) is 0 Å². The normalized spacial score (nSPS) is 15.6. The highest BCUT2D eigenvalue weighted by atomic mass is 16.5. The van der Waals surface area contributed by atoms with Gasteiger partial charge in [0.15, 0.2) is 0 Å². The van der Waals surface area contributed by atoms with E-state index in [1.54, 1.807) is 4.68 Å². The van der Waals surface area contributed by atoms with E-state index >= 15 is 0 Å². The van der Waals surface area contributed by atoms with E-state index in [0.29, 0.717) is 0 Å². The van der Waals surface area contributed by atoms with Crippen LogP contribution in [0.2, 0.25) is 0 Å². The maximum Gasteiger partial charge on any atom is 0.226 e. The summed E-state index contributed by atoms with van der Waals surface area (Å²) in [7, 11) is 1.91. The first-order valence-electron chi connectivity index (χ1n) is 6.96. The van der Waals surface area contributed by atoms with Crippen LogP contribution in [0.4, 0.5) is 5.95 Å². The monoisotopic (exact) mass is 273 g/mol. The maximum atomic E-state index is 5.39. The van der Waals surface area contributed by atoms with Gasteiger partial charge < -0.3 is 9.64 Å². The number of hydrogen-bond acceptors (Lipinski definition) is 5. The lowest BCUT2D eigenvalue weighted by Crippen LogP contribution is -2.37. The molecular formula is C14H19N5O. The predicted molar refractivity (Wildman–Crippen MR) is 76.6 cm³/mol. The SMILES string of the molecule is CCc1cc(-c2cnn(C)c2)nc(N2CCOCC2)n1. The molecule has 0 saturated carbocycles. The molecule has 0 bridgehead atoms. The van der Waals surface area contributed by atoms with Crippen molar-refractivity contribution in [1.29, 1.82) is 0 Å². The van der Waals surface area contributed by atoms with Crippen molar-refractivity contribution >= 4 is 5.95 Å². The Morgan fingerprint density at radius 2 is 2.05 bits per heavy atom. The van der Waals surface area contributed by atoms with Gasteiger partial charge in [-0.05, 0) is 12.5 Å². The van der Waals surface area contributed by atoms with Crippen LogP contribution in [0.25, 0.3) is 11.3 Å². The summed E-state index contributed by atoms with van der Waals surface area (Å²) in [6, 6.07) is 2.04. The van der Waals surface area contributed by atoms with Gasteiger partial charge in [-0.25, -0.2) is 9.97 Å². The molecule has 1 saturated heterocycles. The summed E-state index contributed by atoms with van der Waals surface area (Å²) < 4.78 is 7.17. The lowest BCUT2D eigenvalue weighted by Gasteiger charge is -2.27. The molecule has 0 radical (unpaired) electrons. The van der Waals surface area contributed by atoms with Crippen LogP contribution in [0.15, 0.2) is 18.5 Å². The fraction of sp³-hybridized carbons (Fsp3) is 0.500. The smallest absolute Gasteiger partial charge is 0.226 e. The molecule has 3 rings (SSSR count). The Balaban J connectivity index is 1.97. The summed E-state index contributed by atoms with van der Waals surface area (Å²) in [6.45, 7) is 5.28. The molecule has 6 heteroatoms. The van der Waals surface area contributed by atoms with Gasteiger partial charge in [-0.3, -0.25) is 4.68 Å². The predicted octanol–water partition coefficient (Wildman–Crippen LogP) is 1.28. The Morgan fingerprint density at radius 1 is 1.25 bits per heavy atom. The van der Waals surface area contributed by atoms with Gasteiger partial charge in [0, 0.05) is 37.6 Å². The molecule has 0 amide bonds. The Hall–Kier alpha value is -1.95. The number of morpholine rings is 1. The zero-order chi connectivity index (χ0) is 13.9. The van der Waals surface area contributed by atoms with Gasteiger partial charge in [-0.1, -0.05) is 6.92 Å². The standard InChI is InChI=1S/C14H19N5O/c1-3-12-8-13(11-9-15-18(2)10-11)17-14(16-12)19-4-6-20-7-5-19/h8-10H,3-7H2,1-2H3. The van der Waals surface area contributed by atoms with Gasteiger partial charge in [0.2, 0.25) is 5.95 Å². The molecule has 1 aliphatic heterocycles. The number of hydrogen-bond donors (Lipinski definition) is 0. The quantitative estimate of drug-likeness (QED) is 0.843. The summed E-state index contributed by atoms with van der Waals surface area (Å²) in [6.07, 6.45) is 4.71. The maximum absolute atomic E-state index is 5.39. The first-order valence-corrected chi connectivity index (χ1v) is 6.96. The Kier molecular flexibility index (Phi) is 3.64. The van der Waals surface area contributed by atoms with Crippen molar-refractivity contribution < 1.29 is 4.74 Å². The summed E-state index contributed by atoms with van der Waals surface area (Å²) >= 11 is 0. The second-order valence-electron chi connectivity index (χ2n) is 4.90. The Labute approximate surface area is 118 Å². The molecule has 3 heterocycles. The highest BCUT2D eigenvalue weighted by Gasteiger charge is 2.16. The molecule has 0 atom stereocenters. The molecule has 106 valence electrons. The molecule has 0 aromatic carbocycles. The first kappa shape index (κ1) is 13.1. The van der Waals surface area contributed by atoms with Crippen LogP contribution in [-0.4, -0.2) is 46.1 Å². The minimum absolute atomic E-state index is 0.738. The average Bonchev–Trinajstić information content (AvgIpc) is 2.94. The third-order valence-corrected chi connectivity index (χ3v) is 3.42. The van der Waals surface area contributed by atoms with Crippen LogP contribution >= 0.6 is 0 Å². The van der Waals surface area contributed by atoms with Crippen LogP contribution in [0, 0.1) is 0 Å². The molecule has 2 aromatic heterocycles. The van der Waals surface area contributed by atoms with Crippen molar-refractivity contribution in [2.75, 3.05) is 31.2 Å². The number of rotatable bonds is 3. The van der Waals surface area contributed by atoms with Gasteiger partial charge >= 0.3 is 0 Å². The topological polar surface area (TPSA) is 56.1 Å². The van der Waals surface area contributed by atoms with Gasteiger partial charge in [-0.15, -0.1) is 0 Å². The molecular weight excluding hydrogens is 254 g/mol. The zero-order valence-corrected chi connectivity index (χ0v) is 11.9. The molecule has 0 unspecified atom stereocenters. The van der Waals surface area contributed by atoms with E-state index in [-0.39, 0.29) is 0 Å². The molecule has 0 spiro atoms. The van der Waals surface area contributed by atoms with E-state index in [9.17, 15) is 0 Å². The highest BCUT2D eigenvalue weighted by Crippen LogP contribution is 2.21. The second kappa shape index (κ2) is 5.58. The number of nitrogens with zero attached hydrogens (tertiary/aromatic N) is 5. The van der Waals surface area contributed by atoms with Crippen molar-refractivity contribution in [3.05, 3.63) is 24.2 Å². The Bertz CT molecular complexity index is 589. The number of aryl methyl sites for hydroxylation is 2. The summed E-state index contributed by atoms with van der Waals surface area (Å²) in [5.41, 5.74) is 3.02. The minimum Gasteiger partial charge on any atom is -0.378 e. The van der Waals surface area contributed by atoms with Crippen LogP contribution < -0.4 is 4.90 Å². The van der Waals surface area contributed by atoms with E-state index in [0.717, 1.165) is 55.6 Å². The van der Waals surface area contributed by atoms with Crippen molar-refractivity contribution in [1.82, 2.24) is 19.7 Å². The first-order chi connectivity index (χ1) is 9.76. The lowest BCUT2D eigenvalue weighted by atomic mass is 10.2. The number of ether oxygens (including phenoxy) is 1. The van der Waals surface area contributed by atoms with E-state index in [4.69, 9.17) is 9.72 Å². The van der Waals surface area contributed by atoms with E-state index in [1.165, 1.54) is 0 Å². The molecule has 0 aliphatic carbocycles. The largest absolute Gasteiger partial charge is 0.378 e. The van der Waals surface area contributed by atoms with Crippen molar-refractivity contribution in [2.24, 2.45) is 7.05 Å². The van der Waals surface area contributed by atoms with Gasteiger partial charge in [0.25, 0.3) is 0 Å². The number of anilines is 1. The fourth-order valence-corrected chi connectivity index (χ4v) is 2.27. The van der Waals surface area contributed by atoms with Crippen LogP contribution in [0.3, 0.4) is 0 Å². The zero-order valence-electron chi connectivity index (χ0n) is 11.9. The second-order valence-corrected chi connectivity index (χ2v) is 4.90. The average molecular weight is 273 g/mol. The summed E-state index contributed by atoms with van der Waals surface area (Å²) in [5.74, 6) is 0.798. The van der Waals surface area contributed by atoms with E-state index in [1.807, 2.05) is 25.5 Å².